The van der Waals surface area contributed by atoms with Gasteiger partial charge in [0.05, 0.1) is 12.3 Å². The number of hydrogen-bond donors (Lipinski definition) is 1. The Labute approximate surface area is 115 Å². The fourth-order valence-electron chi connectivity index (χ4n) is 1.69. The van der Waals surface area contributed by atoms with Gasteiger partial charge < -0.3 is 5.11 Å². The molecule has 5 heteroatoms. The van der Waals surface area contributed by atoms with E-state index in [-0.39, 0.29) is 6.61 Å². The Balaban J connectivity index is 2.03. The predicted molar refractivity (Wildman–Crippen MR) is 78.0 cm³/mol. The summed E-state index contributed by atoms with van der Waals surface area (Å²) in [4.78, 5) is 6.75. The molecule has 18 heavy (non-hydrogen) atoms. The van der Waals surface area contributed by atoms with Crippen molar-refractivity contribution in [3.05, 3.63) is 40.6 Å². The molecule has 0 amide bonds. The number of thiazole rings is 1. The lowest BCUT2D eigenvalue weighted by atomic mass is 10.3. The molecule has 96 valence electrons. The number of rotatable bonds is 7. The van der Waals surface area contributed by atoms with E-state index in [4.69, 9.17) is 5.11 Å². The van der Waals surface area contributed by atoms with Crippen molar-refractivity contribution in [3.8, 4) is 10.6 Å². The maximum absolute atomic E-state index is 9.00. The van der Waals surface area contributed by atoms with Gasteiger partial charge >= 0.3 is 0 Å². The van der Waals surface area contributed by atoms with Crippen LogP contribution in [0.25, 0.3) is 10.6 Å². The van der Waals surface area contributed by atoms with Gasteiger partial charge in [-0.15, -0.1) is 17.9 Å². The van der Waals surface area contributed by atoms with Crippen LogP contribution in [0.2, 0.25) is 0 Å². The van der Waals surface area contributed by atoms with E-state index in [0.717, 1.165) is 23.8 Å². The summed E-state index contributed by atoms with van der Waals surface area (Å²) in [5.41, 5.74) is 2.24. The largest absolute Gasteiger partial charge is 0.395 e. The molecule has 0 saturated heterocycles. The third kappa shape index (κ3) is 3.49. The molecule has 0 unspecified atom stereocenters. The van der Waals surface area contributed by atoms with Gasteiger partial charge in [0.2, 0.25) is 0 Å². The van der Waals surface area contributed by atoms with E-state index in [1.807, 2.05) is 6.08 Å². The number of hydrogen-bond acceptors (Lipinski definition) is 5. The number of aliphatic hydroxyl groups excluding tert-OH is 1. The average Bonchev–Trinajstić information content (AvgIpc) is 2.98. The molecule has 2 rings (SSSR count). The van der Waals surface area contributed by atoms with Crippen LogP contribution in [0.15, 0.2) is 34.9 Å². The molecule has 1 N–H and O–H groups in total. The Morgan fingerprint density at radius 1 is 1.44 bits per heavy atom. The van der Waals surface area contributed by atoms with Crippen LogP contribution in [0.1, 0.15) is 5.69 Å². The second kappa shape index (κ2) is 6.80. The zero-order valence-electron chi connectivity index (χ0n) is 10.1. The minimum absolute atomic E-state index is 0.162. The first-order chi connectivity index (χ1) is 8.83. The molecule has 3 nitrogen and oxygen atoms in total. The highest BCUT2D eigenvalue weighted by Gasteiger charge is 2.08. The third-order valence-corrected chi connectivity index (χ3v) is 4.13. The van der Waals surface area contributed by atoms with Crippen LogP contribution in [-0.4, -0.2) is 34.7 Å². The molecule has 0 aromatic carbocycles. The summed E-state index contributed by atoms with van der Waals surface area (Å²) in [5, 5.41) is 16.3. The molecule has 2 aromatic rings. The van der Waals surface area contributed by atoms with Crippen molar-refractivity contribution in [2.24, 2.45) is 0 Å². The van der Waals surface area contributed by atoms with Gasteiger partial charge in [0.15, 0.2) is 0 Å². The van der Waals surface area contributed by atoms with Crippen LogP contribution >= 0.6 is 22.7 Å². The van der Waals surface area contributed by atoms with Crippen LogP contribution in [0.3, 0.4) is 0 Å². The second-order valence-electron chi connectivity index (χ2n) is 3.90. The Morgan fingerprint density at radius 3 is 3.00 bits per heavy atom. The lowest BCUT2D eigenvalue weighted by molar-refractivity contribution is 0.202. The lowest BCUT2D eigenvalue weighted by Crippen LogP contribution is -2.26. The molecule has 0 aliphatic carbocycles. The van der Waals surface area contributed by atoms with Crippen molar-refractivity contribution in [3.63, 3.8) is 0 Å². The van der Waals surface area contributed by atoms with Gasteiger partial charge in [-0.1, -0.05) is 6.08 Å². The van der Waals surface area contributed by atoms with E-state index in [2.05, 4.69) is 38.7 Å². The van der Waals surface area contributed by atoms with Gasteiger partial charge in [0, 0.05) is 36.0 Å². The first-order valence-electron chi connectivity index (χ1n) is 5.74. The van der Waals surface area contributed by atoms with Crippen molar-refractivity contribution in [2.45, 2.75) is 6.54 Å². The lowest BCUT2D eigenvalue weighted by Gasteiger charge is -2.17. The Morgan fingerprint density at radius 2 is 2.33 bits per heavy atom. The normalized spacial score (nSPS) is 11.0. The molecular weight excluding hydrogens is 264 g/mol. The number of aliphatic hydroxyl groups is 1. The van der Waals surface area contributed by atoms with Crippen molar-refractivity contribution < 1.29 is 5.11 Å². The van der Waals surface area contributed by atoms with E-state index in [1.165, 1.54) is 5.56 Å². The monoisotopic (exact) mass is 280 g/mol. The maximum atomic E-state index is 9.00. The summed E-state index contributed by atoms with van der Waals surface area (Å²) >= 11 is 3.35. The van der Waals surface area contributed by atoms with E-state index in [0.29, 0.717) is 6.54 Å². The minimum atomic E-state index is 0.162. The highest BCUT2D eigenvalue weighted by molar-refractivity contribution is 7.14. The quantitative estimate of drug-likeness (QED) is 0.792. The zero-order valence-corrected chi connectivity index (χ0v) is 11.7. The molecule has 0 radical (unpaired) electrons. The molecule has 2 heterocycles. The molecular formula is C13H16N2OS2. The summed E-state index contributed by atoms with van der Waals surface area (Å²) in [5.74, 6) is 0. The Bertz CT molecular complexity index is 479. The van der Waals surface area contributed by atoms with Crippen LogP contribution in [0.4, 0.5) is 0 Å². The van der Waals surface area contributed by atoms with E-state index >= 15 is 0 Å². The molecule has 0 spiro atoms. The van der Waals surface area contributed by atoms with Crippen molar-refractivity contribution in [2.75, 3.05) is 19.7 Å². The molecule has 0 atom stereocenters. The van der Waals surface area contributed by atoms with E-state index in [1.54, 1.807) is 22.7 Å². The first kappa shape index (κ1) is 13.4. The summed E-state index contributed by atoms with van der Waals surface area (Å²) in [7, 11) is 0. The molecule has 0 aliphatic rings. The summed E-state index contributed by atoms with van der Waals surface area (Å²) in [6, 6.07) is 2.09. The second-order valence-corrected chi connectivity index (χ2v) is 5.54. The van der Waals surface area contributed by atoms with Gasteiger partial charge in [-0.25, -0.2) is 4.98 Å². The van der Waals surface area contributed by atoms with Gasteiger partial charge in [-0.2, -0.15) is 11.3 Å². The summed E-state index contributed by atoms with van der Waals surface area (Å²) in [6.07, 6.45) is 1.85. The number of thiophene rings is 1. The highest BCUT2D eigenvalue weighted by Crippen LogP contribution is 2.26. The van der Waals surface area contributed by atoms with Gasteiger partial charge in [0.1, 0.15) is 5.01 Å². The van der Waals surface area contributed by atoms with Gasteiger partial charge in [0.25, 0.3) is 0 Å². The number of aromatic nitrogens is 1. The van der Waals surface area contributed by atoms with Crippen LogP contribution in [0, 0.1) is 0 Å². The van der Waals surface area contributed by atoms with Crippen LogP contribution in [0.5, 0.6) is 0 Å². The summed E-state index contributed by atoms with van der Waals surface area (Å²) < 4.78 is 0. The van der Waals surface area contributed by atoms with Crippen molar-refractivity contribution in [1.82, 2.24) is 9.88 Å². The smallest absolute Gasteiger partial charge is 0.124 e. The van der Waals surface area contributed by atoms with Gasteiger partial charge in [-0.3, -0.25) is 4.90 Å². The summed E-state index contributed by atoms with van der Waals surface area (Å²) in [6.45, 7) is 6.07. The predicted octanol–water partition coefficient (Wildman–Crippen LogP) is 2.85. The average molecular weight is 280 g/mol. The van der Waals surface area contributed by atoms with E-state index < -0.39 is 0 Å². The van der Waals surface area contributed by atoms with Gasteiger partial charge in [-0.05, 0) is 11.4 Å². The third-order valence-electron chi connectivity index (χ3n) is 2.51. The minimum Gasteiger partial charge on any atom is -0.395 e. The highest BCUT2D eigenvalue weighted by atomic mass is 32.1. The fraction of sp³-hybridized carbons (Fsp3) is 0.308. The maximum Gasteiger partial charge on any atom is 0.124 e. The zero-order chi connectivity index (χ0) is 12.8. The fourth-order valence-corrected chi connectivity index (χ4v) is 3.21. The molecule has 2 aromatic heterocycles. The van der Waals surface area contributed by atoms with Crippen LogP contribution < -0.4 is 0 Å². The molecule has 0 aliphatic heterocycles. The number of nitrogens with zero attached hydrogens (tertiary/aromatic N) is 2. The molecule has 0 fully saturated rings. The van der Waals surface area contributed by atoms with E-state index in [9.17, 15) is 0 Å². The topological polar surface area (TPSA) is 36.4 Å². The van der Waals surface area contributed by atoms with Crippen LogP contribution in [-0.2, 0) is 6.54 Å². The first-order valence-corrected chi connectivity index (χ1v) is 7.57. The van der Waals surface area contributed by atoms with Crippen molar-refractivity contribution >= 4 is 22.7 Å². The molecule has 0 saturated carbocycles. The SMILES string of the molecule is C=CCN(CCO)Cc1csc(-c2ccsc2)n1. The Kier molecular flexibility index (Phi) is 5.07. The van der Waals surface area contributed by atoms with Crippen molar-refractivity contribution in [1.29, 1.82) is 0 Å². The Hall–Kier alpha value is -1.01. The standard InChI is InChI=1S/C13H16N2OS2/c1-2-4-15(5-6-16)8-12-10-18-13(14-12)11-3-7-17-9-11/h2-3,7,9-10,16H,1,4-6,8H2. The molecule has 0 bridgehead atoms.